The van der Waals surface area contributed by atoms with Crippen LogP contribution in [-0.2, 0) is 4.74 Å². The molecule has 0 bridgehead atoms. The highest BCUT2D eigenvalue weighted by Gasteiger charge is 2.26. The van der Waals surface area contributed by atoms with E-state index in [1.165, 1.54) is 38.5 Å². The quantitative estimate of drug-likeness (QED) is 0.358. The van der Waals surface area contributed by atoms with Crippen molar-refractivity contribution in [2.24, 2.45) is 11.8 Å². The van der Waals surface area contributed by atoms with Crippen LogP contribution >= 0.6 is 0 Å². The van der Waals surface area contributed by atoms with Crippen molar-refractivity contribution in [1.29, 1.82) is 0 Å². The molecule has 0 heterocycles. The van der Waals surface area contributed by atoms with Crippen LogP contribution in [-0.4, -0.2) is 12.1 Å². The highest BCUT2D eigenvalue weighted by Crippen LogP contribution is 2.29. The third-order valence-electron chi connectivity index (χ3n) is 5.36. The molecule has 0 aromatic heterocycles. The Bertz CT molecular complexity index is 454. The van der Waals surface area contributed by atoms with Gasteiger partial charge in [-0.25, -0.2) is 4.79 Å². The van der Waals surface area contributed by atoms with E-state index in [0.29, 0.717) is 17.4 Å². The topological polar surface area (TPSA) is 26.3 Å². The van der Waals surface area contributed by atoms with Crippen molar-refractivity contribution in [2.75, 3.05) is 0 Å². The first-order valence-corrected chi connectivity index (χ1v) is 10.4. The monoisotopic (exact) mass is 346 g/mol. The number of ether oxygens (including phenoxy) is 1. The lowest BCUT2D eigenvalue weighted by Crippen LogP contribution is -2.29. The zero-order valence-corrected chi connectivity index (χ0v) is 16.8. The number of esters is 1. The minimum absolute atomic E-state index is 0.0473. The van der Waals surface area contributed by atoms with Gasteiger partial charge in [-0.15, -0.1) is 0 Å². The van der Waals surface area contributed by atoms with Crippen molar-refractivity contribution in [3.05, 3.63) is 35.9 Å². The van der Waals surface area contributed by atoms with Crippen molar-refractivity contribution in [2.45, 2.75) is 91.6 Å². The van der Waals surface area contributed by atoms with E-state index in [1.54, 1.807) is 0 Å². The Morgan fingerprint density at radius 1 is 0.920 bits per heavy atom. The third-order valence-corrected chi connectivity index (χ3v) is 5.36. The molecule has 142 valence electrons. The minimum Gasteiger partial charge on any atom is -0.458 e. The summed E-state index contributed by atoms with van der Waals surface area (Å²) >= 11 is 0. The van der Waals surface area contributed by atoms with Gasteiger partial charge < -0.3 is 4.74 Å². The SMILES string of the molecule is CCCCC(CC)CC(OC(=O)c1ccccc1)C(CC)CCCC. The van der Waals surface area contributed by atoms with Crippen LogP contribution in [0.5, 0.6) is 0 Å². The summed E-state index contributed by atoms with van der Waals surface area (Å²) in [6.07, 6.45) is 10.6. The number of unbranched alkanes of at least 4 members (excludes halogenated alkanes) is 2. The fourth-order valence-corrected chi connectivity index (χ4v) is 3.55. The van der Waals surface area contributed by atoms with E-state index in [9.17, 15) is 4.79 Å². The van der Waals surface area contributed by atoms with Crippen LogP contribution in [0.1, 0.15) is 95.8 Å². The summed E-state index contributed by atoms with van der Waals surface area (Å²) in [5.41, 5.74) is 0.666. The molecule has 0 aliphatic rings. The zero-order valence-electron chi connectivity index (χ0n) is 16.8. The molecule has 3 atom stereocenters. The van der Waals surface area contributed by atoms with Crippen LogP contribution in [0.3, 0.4) is 0 Å². The molecule has 1 rings (SSSR count). The molecule has 0 saturated heterocycles. The highest BCUT2D eigenvalue weighted by molar-refractivity contribution is 5.89. The van der Waals surface area contributed by atoms with Crippen molar-refractivity contribution < 1.29 is 9.53 Å². The number of carbonyl (C=O) groups is 1. The number of rotatable bonds is 13. The molecule has 2 nitrogen and oxygen atoms in total. The second-order valence-corrected chi connectivity index (χ2v) is 7.27. The van der Waals surface area contributed by atoms with E-state index in [4.69, 9.17) is 4.74 Å². The van der Waals surface area contributed by atoms with Gasteiger partial charge in [0, 0.05) is 0 Å². The Labute approximate surface area is 155 Å². The molecule has 0 fully saturated rings. The van der Waals surface area contributed by atoms with Crippen LogP contribution in [0.25, 0.3) is 0 Å². The Morgan fingerprint density at radius 3 is 2.12 bits per heavy atom. The third kappa shape index (κ3) is 8.07. The average Bonchev–Trinajstić information content (AvgIpc) is 2.65. The Kier molecular flexibility index (Phi) is 11.3. The molecule has 0 amide bonds. The fraction of sp³-hybridized carbons (Fsp3) is 0.696. The normalized spacial score (nSPS) is 14.7. The van der Waals surface area contributed by atoms with Gasteiger partial charge in [-0.2, -0.15) is 0 Å². The summed E-state index contributed by atoms with van der Waals surface area (Å²) in [6, 6.07) is 9.43. The van der Waals surface area contributed by atoms with E-state index in [0.717, 1.165) is 19.3 Å². The molecule has 0 saturated carbocycles. The summed E-state index contributed by atoms with van der Waals surface area (Å²) in [7, 11) is 0. The summed E-state index contributed by atoms with van der Waals surface area (Å²) in [6.45, 7) is 8.98. The van der Waals surface area contributed by atoms with Crippen molar-refractivity contribution in [3.63, 3.8) is 0 Å². The van der Waals surface area contributed by atoms with Crippen LogP contribution in [0.2, 0.25) is 0 Å². The van der Waals surface area contributed by atoms with E-state index >= 15 is 0 Å². The van der Waals surface area contributed by atoms with Crippen molar-refractivity contribution in [3.8, 4) is 0 Å². The molecule has 0 aliphatic carbocycles. The maximum Gasteiger partial charge on any atom is 0.338 e. The van der Waals surface area contributed by atoms with Crippen molar-refractivity contribution in [1.82, 2.24) is 0 Å². The standard InChI is InChI=1S/C23H38O2/c1-5-9-14-19(7-3)18-22(20(8-4)15-10-6-2)25-23(24)21-16-12-11-13-17-21/h11-13,16-17,19-20,22H,5-10,14-15,18H2,1-4H3. The van der Waals surface area contributed by atoms with Gasteiger partial charge in [0.25, 0.3) is 0 Å². The van der Waals surface area contributed by atoms with Gasteiger partial charge in [0.1, 0.15) is 6.10 Å². The minimum atomic E-state index is -0.161. The smallest absolute Gasteiger partial charge is 0.338 e. The van der Waals surface area contributed by atoms with Gasteiger partial charge >= 0.3 is 5.97 Å². The second-order valence-electron chi connectivity index (χ2n) is 7.27. The first-order chi connectivity index (χ1) is 12.2. The number of hydrogen-bond donors (Lipinski definition) is 0. The number of carbonyl (C=O) groups excluding carboxylic acids is 1. The van der Waals surface area contributed by atoms with Crippen molar-refractivity contribution >= 4 is 5.97 Å². The summed E-state index contributed by atoms with van der Waals surface area (Å²) in [4.78, 5) is 12.6. The molecular weight excluding hydrogens is 308 g/mol. The van der Waals surface area contributed by atoms with E-state index < -0.39 is 0 Å². The molecule has 0 aliphatic heterocycles. The Morgan fingerprint density at radius 2 is 1.56 bits per heavy atom. The highest BCUT2D eigenvalue weighted by atomic mass is 16.5. The lowest BCUT2D eigenvalue weighted by Gasteiger charge is -2.29. The Balaban J connectivity index is 2.83. The lowest BCUT2D eigenvalue weighted by molar-refractivity contribution is 0.00221. The molecular formula is C23H38O2. The average molecular weight is 347 g/mol. The number of hydrogen-bond acceptors (Lipinski definition) is 2. The van der Waals surface area contributed by atoms with Crippen LogP contribution < -0.4 is 0 Å². The summed E-state index contributed by atoms with van der Waals surface area (Å²) in [5.74, 6) is 0.971. The molecule has 2 heteroatoms. The van der Waals surface area contributed by atoms with Gasteiger partial charge in [-0.3, -0.25) is 0 Å². The first-order valence-electron chi connectivity index (χ1n) is 10.4. The number of benzene rings is 1. The molecule has 0 spiro atoms. The van der Waals surface area contributed by atoms with Crippen LogP contribution in [0.15, 0.2) is 30.3 Å². The van der Waals surface area contributed by atoms with Gasteiger partial charge in [0.15, 0.2) is 0 Å². The van der Waals surface area contributed by atoms with Gasteiger partial charge in [-0.05, 0) is 43.2 Å². The molecule has 25 heavy (non-hydrogen) atoms. The largest absolute Gasteiger partial charge is 0.458 e. The van der Waals surface area contributed by atoms with E-state index in [2.05, 4.69) is 27.7 Å². The molecule has 0 N–H and O–H groups in total. The predicted octanol–water partition coefficient (Wildman–Crippen LogP) is 7.03. The maximum absolute atomic E-state index is 12.6. The maximum atomic E-state index is 12.6. The van der Waals surface area contributed by atoms with E-state index in [-0.39, 0.29) is 12.1 Å². The van der Waals surface area contributed by atoms with Crippen LogP contribution in [0, 0.1) is 11.8 Å². The molecule has 3 unspecified atom stereocenters. The van der Waals surface area contributed by atoms with Gasteiger partial charge in [-0.1, -0.05) is 84.4 Å². The summed E-state index contributed by atoms with van der Waals surface area (Å²) < 4.78 is 6.06. The van der Waals surface area contributed by atoms with Gasteiger partial charge in [0.05, 0.1) is 5.56 Å². The lowest BCUT2D eigenvalue weighted by atomic mass is 9.84. The van der Waals surface area contributed by atoms with E-state index in [1.807, 2.05) is 30.3 Å². The predicted molar refractivity (Wildman–Crippen MR) is 107 cm³/mol. The molecule has 0 radical (unpaired) electrons. The fourth-order valence-electron chi connectivity index (χ4n) is 3.55. The second kappa shape index (κ2) is 13.0. The molecule has 1 aromatic rings. The summed E-state index contributed by atoms with van der Waals surface area (Å²) in [5, 5.41) is 0. The van der Waals surface area contributed by atoms with Crippen LogP contribution in [0.4, 0.5) is 0 Å². The molecule has 1 aromatic carbocycles. The first kappa shape index (κ1) is 21.7. The Hall–Kier alpha value is -1.31. The van der Waals surface area contributed by atoms with Gasteiger partial charge in [0.2, 0.25) is 0 Å². The zero-order chi connectivity index (χ0) is 18.5.